The van der Waals surface area contributed by atoms with Crippen molar-refractivity contribution in [3.8, 4) is 5.88 Å². The number of unbranched alkanes of at least 4 members (excludes halogenated alkanes) is 2. The summed E-state index contributed by atoms with van der Waals surface area (Å²) >= 11 is 0. The van der Waals surface area contributed by atoms with Crippen LogP contribution in [-0.2, 0) is 25.6 Å². The van der Waals surface area contributed by atoms with Gasteiger partial charge in [0, 0.05) is 20.4 Å². The molecule has 0 aliphatic heterocycles. The molecule has 0 amide bonds. The van der Waals surface area contributed by atoms with E-state index in [0.717, 1.165) is 38.5 Å². The molecular weight excluding hydrogens is 412 g/mol. The molecule has 0 fully saturated rings. The third kappa shape index (κ3) is 8.32. The second-order valence-electron chi connectivity index (χ2n) is 8.06. The topological polar surface area (TPSA) is 96.7 Å². The molecule has 0 radical (unpaired) electrons. The van der Waals surface area contributed by atoms with Gasteiger partial charge in [-0.15, -0.1) is 5.10 Å². The van der Waals surface area contributed by atoms with Crippen molar-refractivity contribution in [2.45, 2.75) is 85.0 Å². The van der Waals surface area contributed by atoms with E-state index >= 15 is 0 Å². The van der Waals surface area contributed by atoms with Crippen LogP contribution < -0.4 is 10.3 Å². The Kier molecular flexibility index (Phi) is 10.2. The Labute approximate surface area is 188 Å². The van der Waals surface area contributed by atoms with Crippen molar-refractivity contribution in [2.24, 2.45) is 0 Å². The van der Waals surface area contributed by atoms with Crippen LogP contribution in [0.3, 0.4) is 0 Å². The van der Waals surface area contributed by atoms with E-state index in [1.165, 1.54) is 18.5 Å². The number of esters is 2. The first-order valence-corrected chi connectivity index (χ1v) is 11.2. The Bertz CT molecular complexity index is 955. The normalized spacial score (nSPS) is 12.9. The van der Waals surface area contributed by atoms with Crippen LogP contribution in [0, 0.1) is 0 Å². The smallest absolute Gasteiger partial charge is 0.302 e. The maximum Gasteiger partial charge on any atom is 0.302 e. The lowest BCUT2D eigenvalue weighted by atomic mass is 10.1. The van der Waals surface area contributed by atoms with Gasteiger partial charge in [-0.3, -0.25) is 14.4 Å². The first-order valence-electron chi connectivity index (χ1n) is 11.2. The molecule has 8 nitrogen and oxygen atoms in total. The molecule has 0 saturated heterocycles. The summed E-state index contributed by atoms with van der Waals surface area (Å²) in [6.45, 7) is 7.47. The van der Waals surface area contributed by atoms with Crippen molar-refractivity contribution in [1.82, 2.24) is 9.78 Å². The van der Waals surface area contributed by atoms with E-state index in [2.05, 4.69) is 5.10 Å². The summed E-state index contributed by atoms with van der Waals surface area (Å²) in [6.07, 6.45) is 4.44. The molecule has 1 aromatic heterocycles. The van der Waals surface area contributed by atoms with Gasteiger partial charge in [0.15, 0.2) is 0 Å². The Morgan fingerprint density at radius 2 is 1.47 bits per heavy atom. The number of fused-ring (bicyclic) bond motifs is 1. The summed E-state index contributed by atoms with van der Waals surface area (Å²) in [5.74, 6) is -0.110. The van der Waals surface area contributed by atoms with Gasteiger partial charge in [-0.2, -0.15) is 0 Å². The van der Waals surface area contributed by atoms with E-state index in [1.807, 2.05) is 32.0 Å². The third-order valence-electron chi connectivity index (χ3n) is 5.04. The number of benzene rings is 1. The molecule has 0 spiro atoms. The number of carbonyl (C=O) groups excluding carboxylic acids is 2. The Balaban J connectivity index is 1.95. The third-order valence-corrected chi connectivity index (χ3v) is 5.04. The lowest BCUT2D eigenvalue weighted by Gasteiger charge is -2.14. The van der Waals surface area contributed by atoms with E-state index in [-0.39, 0.29) is 29.7 Å². The standard InChI is InChI=1S/C24H34N2O6/c1-17(31-19(3)27)11-7-9-15-26-24(29)22-14-6-5-13-21(22)23(25-26)30-16-10-8-12-18(2)32-20(4)28/h5-6,13-14,17-18H,7-12,15-16H2,1-4H3/t17-,18-/m1/s1. The maximum atomic E-state index is 12.8. The van der Waals surface area contributed by atoms with Gasteiger partial charge in [0.2, 0.25) is 5.88 Å². The number of aromatic nitrogens is 2. The number of ether oxygens (including phenoxy) is 3. The predicted octanol–water partition coefficient (Wildman–Crippen LogP) is 4.02. The van der Waals surface area contributed by atoms with Crippen LogP contribution in [0.1, 0.15) is 66.2 Å². The Morgan fingerprint density at radius 3 is 2.06 bits per heavy atom. The highest BCUT2D eigenvalue weighted by atomic mass is 16.5. The minimum absolute atomic E-state index is 0.114. The zero-order chi connectivity index (χ0) is 23.5. The summed E-state index contributed by atoms with van der Waals surface area (Å²) in [7, 11) is 0. The molecule has 0 bridgehead atoms. The monoisotopic (exact) mass is 446 g/mol. The predicted molar refractivity (Wildman–Crippen MR) is 122 cm³/mol. The molecule has 0 unspecified atom stereocenters. The van der Waals surface area contributed by atoms with Crippen molar-refractivity contribution < 1.29 is 23.8 Å². The number of hydrogen-bond acceptors (Lipinski definition) is 7. The number of carbonyl (C=O) groups is 2. The van der Waals surface area contributed by atoms with E-state index < -0.39 is 0 Å². The fraction of sp³-hybridized carbons (Fsp3) is 0.583. The van der Waals surface area contributed by atoms with Crippen LogP contribution in [-0.4, -0.2) is 40.5 Å². The molecule has 0 saturated carbocycles. The second kappa shape index (κ2) is 12.8. The van der Waals surface area contributed by atoms with Gasteiger partial charge in [0.05, 0.1) is 29.6 Å². The van der Waals surface area contributed by atoms with Crippen molar-refractivity contribution in [2.75, 3.05) is 6.61 Å². The molecule has 8 heteroatoms. The highest BCUT2D eigenvalue weighted by molar-refractivity contribution is 5.85. The largest absolute Gasteiger partial charge is 0.476 e. The average molecular weight is 447 g/mol. The summed E-state index contributed by atoms with van der Waals surface area (Å²) in [5, 5.41) is 5.74. The minimum atomic E-state index is -0.285. The van der Waals surface area contributed by atoms with Crippen molar-refractivity contribution in [3.05, 3.63) is 34.6 Å². The molecule has 2 atom stereocenters. The van der Waals surface area contributed by atoms with Gasteiger partial charge in [-0.1, -0.05) is 12.1 Å². The molecule has 2 aromatic rings. The molecule has 1 heterocycles. The second-order valence-corrected chi connectivity index (χ2v) is 8.06. The first kappa shape index (κ1) is 25.4. The highest BCUT2D eigenvalue weighted by Gasteiger charge is 2.12. The van der Waals surface area contributed by atoms with Crippen LogP contribution in [0.4, 0.5) is 0 Å². The van der Waals surface area contributed by atoms with E-state index in [0.29, 0.717) is 29.8 Å². The van der Waals surface area contributed by atoms with Crippen molar-refractivity contribution in [3.63, 3.8) is 0 Å². The molecule has 32 heavy (non-hydrogen) atoms. The average Bonchev–Trinajstić information content (AvgIpc) is 2.72. The fourth-order valence-corrected chi connectivity index (χ4v) is 3.54. The molecular formula is C24H34N2O6. The van der Waals surface area contributed by atoms with Gasteiger partial charge in [-0.25, -0.2) is 4.68 Å². The van der Waals surface area contributed by atoms with E-state index in [1.54, 1.807) is 6.07 Å². The van der Waals surface area contributed by atoms with Crippen LogP contribution in [0.5, 0.6) is 5.88 Å². The molecule has 176 valence electrons. The minimum Gasteiger partial charge on any atom is -0.476 e. The lowest BCUT2D eigenvalue weighted by Crippen LogP contribution is -2.24. The van der Waals surface area contributed by atoms with Crippen LogP contribution in [0.2, 0.25) is 0 Å². The molecule has 1 aromatic carbocycles. The summed E-state index contributed by atoms with van der Waals surface area (Å²) in [4.78, 5) is 34.8. The summed E-state index contributed by atoms with van der Waals surface area (Å²) in [6, 6.07) is 7.31. The molecule has 0 aliphatic carbocycles. The number of nitrogens with zero attached hydrogens (tertiary/aromatic N) is 2. The summed E-state index contributed by atoms with van der Waals surface area (Å²) < 4.78 is 17.6. The van der Waals surface area contributed by atoms with Crippen molar-refractivity contribution in [1.29, 1.82) is 0 Å². The highest BCUT2D eigenvalue weighted by Crippen LogP contribution is 2.21. The SMILES string of the molecule is CC(=O)O[C@H](C)CCCCOc1nn(CCCC[C@@H](C)OC(C)=O)c(=O)c2ccccc12. The Hall–Kier alpha value is -2.90. The molecule has 0 aliphatic rings. The first-order chi connectivity index (χ1) is 15.3. The van der Waals surface area contributed by atoms with Gasteiger partial charge < -0.3 is 14.2 Å². The van der Waals surface area contributed by atoms with Gasteiger partial charge >= 0.3 is 11.9 Å². The zero-order valence-electron chi connectivity index (χ0n) is 19.5. The maximum absolute atomic E-state index is 12.8. The van der Waals surface area contributed by atoms with Gasteiger partial charge in [-0.05, 0) is 64.5 Å². The van der Waals surface area contributed by atoms with E-state index in [9.17, 15) is 14.4 Å². The van der Waals surface area contributed by atoms with Crippen molar-refractivity contribution >= 4 is 22.7 Å². The fourth-order valence-electron chi connectivity index (χ4n) is 3.54. The van der Waals surface area contributed by atoms with Crippen LogP contribution in [0.15, 0.2) is 29.1 Å². The molecule has 0 N–H and O–H groups in total. The van der Waals surface area contributed by atoms with Crippen LogP contribution >= 0.6 is 0 Å². The number of hydrogen-bond donors (Lipinski definition) is 0. The number of rotatable bonds is 13. The summed E-state index contributed by atoms with van der Waals surface area (Å²) in [5.41, 5.74) is -0.142. The number of aryl methyl sites for hydroxylation is 1. The quantitative estimate of drug-likeness (QED) is 0.339. The zero-order valence-corrected chi connectivity index (χ0v) is 19.5. The lowest BCUT2D eigenvalue weighted by molar-refractivity contribution is -0.146. The van der Waals surface area contributed by atoms with Crippen LogP contribution in [0.25, 0.3) is 10.8 Å². The van der Waals surface area contributed by atoms with Gasteiger partial charge in [0.25, 0.3) is 5.56 Å². The molecule has 2 rings (SSSR count). The van der Waals surface area contributed by atoms with Gasteiger partial charge in [0.1, 0.15) is 0 Å². The van der Waals surface area contributed by atoms with E-state index in [4.69, 9.17) is 14.2 Å². The Morgan fingerprint density at radius 1 is 0.906 bits per heavy atom.